The molecule has 1 aromatic carbocycles. The van der Waals surface area contributed by atoms with Crippen molar-refractivity contribution in [3.63, 3.8) is 0 Å². The number of hydrogen-bond donors (Lipinski definition) is 1. The fourth-order valence-corrected chi connectivity index (χ4v) is 2.31. The Morgan fingerprint density at radius 2 is 2.08 bits per heavy atom. The first kappa shape index (κ1) is 18.5. The lowest BCUT2D eigenvalue weighted by molar-refractivity contribution is -0.118. The number of hydrogen-bond acceptors (Lipinski definition) is 7. The summed E-state index contributed by atoms with van der Waals surface area (Å²) in [4.78, 5) is 23.7. The predicted octanol–water partition coefficient (Wildman–Crippen LogP) is 1.73. The number of nitrogens with zero attached hydrogens (tertiary/aromatic N) is 1. The van der Waals surface area contributed by atoms with Crippen LogP contribution in [0.5, 0.6) is 5.75 Å². The summed E-state index contributed by atoms with van der Waals surface area (Å²) in [5.74, 6) is -0.671. The van der Waals surface area contributed by atoms with Gasteiger partial charge >= 0.3 is 5.97 Å². The first-order valence-electron chi connectivity index (χ1n) is 7.92. The average Bonchev–Trinajstić information content (AvgIpc) is 3.12. The Hall–Kier alpha value is -2.85. The lowest BCUT2D eigenvalue weighted by atomic mass is 10.1. The number of nitrogens with two attached hydrogens (primary N) is 1. The number of carbonyl (C=O) groups is 2. The summed E-state index contributed by atoms with van der Waals surface area (Å²) in [6, 6.07) is 8.09. The van der Waals surface area contributed by atoms with E-state index in [9.17, 15) is 9.59 Å². The van der Waals surface area contributed by atoms with Crippen LogP contribution in [0.3, 0.4) is 0 Å². The number of carbonyl (C=O) groups excluding carboxylic acids is 2. The Morgan fingerprint density at radius 1 is 1.36 bits per heavy atom. The maximum Gasteiger partial charge on any atom is 0.338 e. The lowest BCUT2D eigenvalue weighted by Gasteiger charge is -2.11. The van der Waals surface area contributed by atoms with Crippen LogP contribution in [-0.2, 0) is 14.3 Å². The minimum absolute atomic E-state index is 0.0938. The molecule has 0 radical (unpaired) electrons. The van der Waals surface area contributed by atoms with Gasteiger partial charge in [-0.15, -0.1) is 0 Å². The molecule has 7 nitrogen and oxygen atoms in total. The van der Waals surface area contributed by atoms with Gasteiger partial charge < -0.3 is 19.9 Å². The first-order valence-corrected chi connectivity index (χ1v) is 7.92. The number of allylic oxidation sites excluding steroid dienone is 1. The third kappa shape index (κ3) is 5.33. The Morgan fingerprint density at radius 3 is 2.64 bits per heavy atom. The number of ketones is 1. The highest BCUT2D eigenvalue weighted by molar-refractivity contribution is 6.02. The molecule has 1 saturated heterocycles. The van der Waals surface area contributed by atoms with E-state index >= 15 is 0 Å². The van der Waals surface area contributed by atoms with Crippen molar-refractivity contribution >= 4 is 11.8 Å². The number of Topliss-reactive ketones (excluding diaryl/α,β-unsaturated/α-hetero) is 1. The van der Waals surface area contributed by atoms with Gasteiger partial charge in [0.05, 0.1) is 11.7 Å². The van der Waals surface area contributed by atoms with Crippen molar-refractivity contribution in [2.24, 2.45) is 5.73 Å². The molecule has 25 heavy (non-hydrogen) atoms. The number of ether oxygens (including phenoxy) is 3. The van der Waals surface area contributed by atoms with E-state index in [1.54, 1.807) is 30.3 Å². The van der Waals surface area contributed by atoms with Gasteiger partial charge in [-0.3, -0.25) is 4.79 Å². The molecular formula is C18H20N2O5. The molecule has 2 N–H and O–H groups in total. The zero-order chi connectivity index (χ0) is 18.2. The molecule has 1 heterocycles. The molecule has 1 fully saturated rings. The van der Waals surface area contributed by atoms with Crippen LogP contribution in [0.2, 0.25) is 0 Å². The molecular weight excluding hydrogens is 324 g/mol. The number of rotatable bonds is 7. The van der Waals surface area contributed by atoms with Gasteiger partial charge in [0.15, 0.2) is 6.61 Å². The number of benzene rings is 1. The van der Waals surface area contributed by atoms with Crippen molar-refractivity contribution < 1.29 is 23.8 Å². The monoisotopic (exact) mass is 344 g/mol. The normalized spacial score (nSPS) is 17.4. The van der Waals surface area contributed by atoms with Gasteiger partial charge in [0.1, 0.15) is 24.0 Å². The minimum atomic E-state index is -0.661. The number of esters is 1. The third-order valence-corrected chi connectivity index (χ3v) is 3.67. The van der Waals surface area contributed by atoms with Gasteiger partial charge in [-0.2, -0.15) is 5.26 Å². The van der Waals surface area contributed by atoms with Crippen molar-refractivity contribution in [1.29, 1.82) is 5.26 Å². The zero-order valence-electron chi connectivity index (χ0n) is 14.0. The van der Waals surface area contributed by atoms with E-state index in [-0.39, 0.29) is 22.9 Å². The molecule has 1 aliphatic rings. The largest absolute Gasteiger partial charge is 0.491 e. The van der Waals surface area contributed by atoms with Crippen LogP contribution in [0.25, 0.3) is 0 Å². The van der Waals surface area contributed by atoms with Crippen LogP contribution in [-0.4, -0.2) is 37.7 Å². The molecule has 7 heteroatoms. The van der Waals surface area contributed by atoms with E-state index in [0.29, 0.717) is 12.4 Å². The molecule has 1 aliphatic heterocycles. The summed E-state index contributed by atoms with van der Waals surface area (Å²) in [5, 5.41) is 8.84. The summed E-state index contributed by atoms with van der Waals surface area (Å²) in [7, 11) is 0. The standard InChI is InChI=1S/C18H20N2O5/c1-12(20)16(9-19)17(21)11-25-18(22)13-4-6-14(7-5-13)24-10-15-3-2-8-23-15/h4-7,15H,2-3,8,10-11,20H2,1H3/b16-12+. The van der Waals surface area contributed by atoms with Crippen LogP contribution in [0, 0.1) is 11.3 Å². The molecule has 132 valence electrons. The van der Waals surface area contributed by atoms with E-state index in [4.69, 9.17) is 25.2 Å². The first-order chi connectivity index (χ1) is 12.0. The Labute approximate surface area is 146 Å². The Kier molecular flexibility index (Phi) is 6.54. The zero-order valence-corrected chi connectivity index (χ0v) is 14.0. The summed E-state index contributed by atoms with van der Waals surface area (Å²) >= 11 is 0. The highest BCUT2D eigenvalue weighted by atomic mass is 16.5. The second kappa shape index (κ2) is 8.85. The molecule has 1 unspecified atom stereocenters. The van der Waals surface area contributed by atoms with Crippen LogP contribution < -0.4 is 10.5 Å². The molecule has 1 aromatic rings. The third-order valence-electron chi connectivity index (χ3n) is 3.67. The molecule has 0 amide bonds. The Balaban J connectivity index is 1.84. The van der Waals surface area contributed by atoms with Gasteiger partial charge in [0.2, 0.25) is 5.78 Å². The highest BCUT2D eigenvalue weighted by Crippen LogP contribution is 2.17. The second-order valence-corrected chi connectivity index (χ2v) is 5.64. The molecule has 0 aliphatic carbocycles. The quantitative estimate of drug-likeness (QED) is 0.455. The predicted molar refractivity (Wildman–Crippen MR) is 88.7 cm³/mol. The lowest BCUT2D eigenvalue weighted by Crippen LogP contribution is -2.18. The summed E-state index contributed by atoms with van der Waals surface area (Å²) in [5.41, 5.74) is 5.60. The van der Waals surface area contributed by atoms with E-state index < -0.39 is 18.4 Å². The maximum absolute atomic E-state index is 11.9. The highest BCUT2D eigenvalue weighted by Gasteiger charge is 2.17. The summed E-state index contributed by atoms with van der Waals surface area (Å²) < 4.78 is 16.0. The van der Waals surface area contributed by atoms with E-state index in [1.807, 2.05) is 0 Å². The van der Waals surface area contributed by atoms with Crippen molar-refractivity contribution in [2.45, 2.75) is 25.9 Å². The van der Waals surface area contributed by atoms with Crippen molar-refractivity contribution in [2.75, 3.05) is 19.8 Å². The molecule has 0 spiro atoms. The van der Waals surface area contributed by atoms with Gasteiger partial charge in [0, 0.05) is 12.3 Å². The number of nitriles is 1. The maximum atomic E-state index is 11.9. The Bertz CT molecular complexity index is 693. The van der Waals surface area contributed by atoms with E-state index in [1.165, 1.54) is 6.92 Å². The molecule has 2 rings (SSSR count). The van der Waals surface area contributed by atoms with Gasteiger partial charge in [-0.05, 0) is 44.0 Å². The van der Waals surface area contributed by atoms with Crippen LogP contribution in [0.4, 0.5) is 0 Å². The van der Waals surface area contributed by atoms with Crippen LogP contribution >= 0.6 is 0 Å². The molecule has 0 bridgehead atoms. The van der Waals surface area contributed by atoms with Crippen molar-refractivity contribution in [1.82, 2.24) is 0 Å². The minimum Gasteiger partial charge on any atom is -0.491 e. The summed E-state index contributed by atoms with van der Waals surface area (Å²) in [6.07, 6.45) is 2.15. The molecule has 1 atom stereocenters. The molecule has 0 aromatic heterocycles. The smallest absolute Gasteiger partial charge is 0.338 e. The van der Waals surface area contributed by atoms with Gasteiger partial charge in [-0.25, -0.2) is 4.79 Å². The molecule has 0 saturated carbocycles. The summed E-state index contributed by atoms with van der Waals surface area (Å²) in [6.45, 7) is 2.14. The van der Waals surface area contributed by atoms with Crippen molar-refractivity contribution in [3.05, 3.63) is 41.1 Å². The fourth-order valence-electron chi connectivity index (χ4n) is 2.31. The fraction of sp³-hybridized carbons (Fsp3) is 0.389. The van der Waals surface area contributed by atoms with Crippen molar-refractivity contribution in [3.8, 4) is 11.8 Å². The SMILES string of the molecule is C/C(N)=C(/C#N)C(=O)COC(=O)c1ccc(OCC2CCCO2)cc1. The van der Waals surface area contributed by atoms with Gasteiger partial charge in [-0.1, -0.05) is 0 Å². The topological polar surface area (TPSA) is 112 Å². The van der Waals surface area contributed by atoms with Crippen LogP contribution in [0.1, 0.15) is 30.1 Å². The second-order valence-electron chi connectivity index (χ2n) is 5.64. The van der Waals surface area contributed by atoms with E-state index in [0.717, 1.165) is 19.4 Å². The average molecular weight is 344 g/mol. The van der Waals surface area contributed by atoms with Gasteiger partial charge in [0.25, 0.3) is 0 Å². The van der Waals surface area contributed by atoms with Crippen LogP contribution in [0.15, 0.2) is 35.5 Å². The van der Waals surface area contributed by atoms with E-state index in [2.05, 4.69) is 0 Å².